The molecule has 0 aliphatic carbocycles. The molecular formula is C23H28F3N7O2. The molecule has 2 unspecified atom stereocenters. The summed E-state index contributed by atoms with van der Waals surface area (Å²) in [5.74, 6) is 0.996. The Balaban J connectivity index is 1.59. The molecule has 35 heavy (non-hydrogen) atoms. The van der Waals surface area contributed by atoms with Gasteiger partial charge in [-0.25, -0.2) is 4.98 Å². The Kier molecular flexibility index (Phi) is 5.40. The van der Waals surface area contributed by atoms with Gasteiger partial charge in [-0.2, -0.15) is 28.1 Å². The molecule has 0 aromatic carbocycles. The molecule has 3 aromatic heterocycles. The average molecular weight is 492 g/mol. The van der Waals surface area contributed by atoms with Crippen molar-refractivity contribution < 1.29 is 22.6 Å². The summed E-state index contributed by atoms with van der Waals surface area (Å²) in [6, 6.07) is 3.73. The van der Waals surface area contributed by atoms with Gasteiger partial charge in [0.25, 0.3) is 0 Å². The molecule has 1 N–H and O–H groups in total. The van der Waals surface area contributed by atoms with Crippen LogP contribution >= 0.6 is 0 Å². The van der Waals surface area contributed by atoms with E-state index in [1.54, 1.807) is 13.2 Å². The van der Waals surface area contributed by atoms with Gasteiger partial charge in [0, 0.05) is 31.8 Å². The monoisotopic (exact) mass is 491 g/mol. The third kappa shape index (κ3) is 3.74. The number of fused-ring (bicyclic) bond motifs is 3. The third-order valence-corrected chi connectivity index (χ3v) is 7.56. The topological polar surface area (TPSA) is 84.3 Å². The number of nitrogens with one attached hydrogen (secondary N) is 1. The second-order valence-electron chi connectivity index (χ2n) is 9.65. The molecule has 0 saturated carbocycles. The van der Waals surface area contributed by atoms with Gasteiger partial charge >= 0.3 is 6.18 Å². The van der Waals surface area contributed by atoms with Gasteiger partial charge in [0.1, 0.15) is 5.82 Å². The summed E-state index contributed by atoms with van der Waals surface area (Å²) in [6.45, 7) is 3.80. The van der Waals surface area contributed by atoms with Crippen LogP contribution in [0.5, 0.6) is 0 Å². The Morgan fingerprint density at radius 3 is 2.57 bits per heavy atom. The highest BCUT2D eigenvalue weighted by Gasteiger charge is 2.43. The predicted octanol–water partition coefficient (Wildman–Crippen LogP) is 3.53. The average Bonchev–Trinajstić information content (AvgIpc) is 3.54. The molecule has 4 atom stereocenters. The van der Waals surface area contributed by atoms with Crippen molar-refractivity contribution in [2.24, 2.45) is 0 Å². The van der Waals surface area contributed by atoms with Crippen LogP contribution in [-0.4, -0.2) is 76.1 Å². The zero-order valence-electron chi connectivity index (χ0n) is 19.6. The molecule has 3 aromatic rings. The number of halogens is 3. The summed E-state index contributed by atoms with van der Waals surface area (Å²) in [6.07, 6.45) is 0.343. The number of nitrogens with zero attached hydrogens (tertiary/aromatic N) is 6. The van der Waals surface area contributed by atoms with E-state index in [0.29, 0.717) is 37.1 Å². The summed E-state index contributed by atoms with van der Waals surface area (Å²) in [5, 5.41) is 10.7. The maximum atomic E-state index is 14.3. The highest BCUT2D eigenvalue weighted by Crippen LogP contribution is 2.44. The van der Waals surface area contributed by atoms with Crippen molar-refractivity contribution in [1.29, 1.82) is 0 Å². The van der Waals surface area contributed by atoms with E-state index in [-0.39, 0.29) is 35.3 Å². The van der Waals surface area contributed by atoms with Crippen molar-refractivity contribution in [2.75, 3.05) is 36.7 Å². The molecule has 3 aliphatic heterocycles. The van der Waals surface area contributed by atoms with E-state index in [0.717, 1.165) is 25.7 Å². The largest absolute Gasteiger partial charge is 0.435 e. The molecule has 3 aliphatic rings. The lowest BCUT2D eigenvalue weighted by molar-refractivity contribution is -0.140. The molecule has 0 amide bonds. The number of alkyl halides is 3. The van der Waals surface area contributed by atoms with Gasteiger partial charge in [-0.05, 0) is 32.6 Å². The summed E-state index contributed by atoms with van der Waals surface area (Å²) < 4.78 is 55.5. The number of rotatable bonds is 4. The van der Waals surface area contributed by atoms with Crippen LogP contribution in [0.3, 0.4) is 0 Å². The number of hydrogen-bond donors (Lipinski definition) is 1. The summed E-state index contributed by atoms with van der Waals surface area (Å²) in [4.78, 5) is 9.10. The summed E-state index contributed by atoms with van der Waals surface area (Å²) in [5.41, 5.74) is -0.265. The van der Waals surface area contributed by atoms with E-state index in [4.69, 9.17) is 14.5 Å². The number of piperidine rings is 1. The Labute approximate surface area is 200 Å². The fourth-order valence-corrected chi connectivity index (χ4v) is 5.88. The van der Waals surface area contributed by atoms with Crippen molar-refractivity contribution in [3.05, 3.63) is 24.0 Å². The van der Waals surface area contributed by atoms with Gasteiger partial charge in [0.05, 0.1) is 48.7 Å². The lowest BCUT2D eigenvalue weighted by Crippen LogP contribution is -2.47. The van der Waals surface area contributed by atoms with Gasteiger partial charge < -0.3 is 19.3 Å². The predicted molar refractivity (Wildman–Crippen MR) is 123 cm³/mol. The van der Waals surface area contributed by atoms with E-state index in [1.165, 1.54) is 10.9 Å². The second-order valence-corrected chi connectivity index (χ2v) is 9.65. The highest BCUT2D eigenvalue weighted by molar-refractivity contribution is 5.95. The highest BCUT2D eigenvalue weighted by atomic mass is 19.4. The number of aromatic amines is 1. The maximum absolute atomic E-state index is 14.3. The normalized spacial score (nSPS) is 27.2. The number of methoxy groups -OCH3 is 1. The zero-order valence-corrected chi connectivity index (χ0v) is 19.6. The summed E-state index contributed by atoms with van der Waals surface area (Å²) in [7, 11) is 1.68. The van der Waals surface area contributed by atoms with Crippen LogP contribution in [0.15, 0.2) is 18.3 Å². The Morgan fingerprint density at radius 1 is 1.17 bits per heavy atom. The standard InChI is InChI=1S/C23H28F3N7O2/c1-13-9-16(34-2)6-8-31(13)17-10-19(32-14-3-4-15(32)12-35-11-14)28-22-20(17)21(23(24,25)26)30-33(22)18-5-7-27-29-18/h5,7,10,13-16H,3-4,6,8-9,11-12H2,1-2H3,(H,27,29)/t13-,14?,15?,16-/m1/s1. The fourth-order valence-electron chi connectivity index (χ4n) is 5.88. The first-order valence-corrected chi connectivity index (χ1v) is 12.0. The first-order valence-electron chi connectivity index (χ1n) is 12.0. The number of aromatic nitrogens is 5. The first kappa shape index (κ1) is 22.6. The lowest BCUT2D eigenvalue weighted by atomic mass is 9.99. The molecule has 9 nitrogen and oxygen atoms in total. The smallest absolute Gasteiger partial charge is 0.381 e. The van der Waals surface area contributed by atoms with Crippen molar-refractivity contribution in [3.63, 3.8) is 0 Å². The molecule has 6 rings (SSSR count). The maximum Gasteiger partial charge on any atom is 0.435 e. The first-order chi connectivity index (χ1) is 16.8. The van der Waals surface area contributed by atoms with Crippen molar-refractivity contribution in [3.8, 4) is 5.82 Å². The van der Waals surface area contributed by atoms with E-state index in [1.807, 2.05) is 13.0 Å². The molecule has 0 spiro atoms. The van der Waals surface area contributed by atoms with Gasteiger partial charge in [0.15, 0.2) is 17.2 Å². The van der Waals surface area contributed by atoms with Gasteiger partial charge in [0.2, 0.25) is 0 Å². The molecular weight excluding hydrogens is 463 g/mol. The van der Waals surface area contributed by atoms with Crippen molar-refractivity contribution in [1.82, 2.24) is 25.0 Å². The minimum Gasteiger partial charge on any atom is -0.381 e. The molecule has 0 radical (unpaired) electrons. The number of H-pyrrole nitrogens is 1. The van der Waals surface area contributed by atoms with Gasteiger partial charge in [-0.15, -0.1) is 0 Å². The van der Waals surface area contributed by atoms with E-state index in [2.05, 4.69) is 25.1 Å². The fraction of sp³-hybridized carbons (Fsp3) is 0.609. The second kappa shape index (κ2) is 8.37. The Bertz CT molecular complexity index is 1200. The van der Waals surface area contributed by atoms with E-state index in [9.17, 15) is 13.2 Å². The lowest BCUT2D eigenvalue weighted by Gasteiger charge is -2.40. The molecule has 2 bridgehead atoms. The van der Waals surface area contributed by atoms with Crippen molar-refractivity contribution >= 4 is 22.5 Å². The number of morpholine rings is 1. The number of anilines is 2. The molecule has 12 heteroatoms. The zero-order chi connectivity index (χ0) is 24.3. The van der Waals surface area contributed by atoms with Crippen LogP contribution < -0.4 is 9.80 Å². The van der Waals surface area contributed by atoms with E-state index < -0.39 is 11.9 Å². The van der Waals surface area contributed by atoms with Crippen LogP contribution in [0.1, 0.15) is 38.3 Å². The van der Waals surface area contributed by atoms with Crippen LogP contribution in [0.4, 0.5) is 24.7 Å². The molecule has 6 heterocycles. The van der Waals surface area contributed by atoms with Gasteiger partial charge in [-0.1, -0.05) is 0 Å². The summed E-state index contributed by atoms with van der Waals surface area (Å²) >= 11 is 0. The van der Waals surface area contributed by atoms with E-state index >= 15 is 0 Å². The number of ether oxygens (including phenoxy) is 2. The minimum absolute atomic E-state index is 0.00912. The number of hydrogen-bond acceptors (Lipinski definition) is 7. The van der Waals surface area contributed by atoms with Crippen molar-refractivity contribution in [2.45, 2.75) is 63.0 Å². The minimum atomic E-state index is -4.65. The van der Waals surface area contributed by atoms with Crippen LogP contribution in [0.2, 0.25) is 0 Å². The molecule has 3 saturated heterocycles. The third-order valence-electron chi connectivity index (χ3n) is 7.56. The molecule has 188 valence electrons. The van der Waals surface area contributed by atoms with Crippen LogP contribution in [0.25, 0.3) is 16.9 Å². The van der Waals surface area contributed by atoms with Crippen LogP contribution in [0, 0.1) is 0 Å². The van der Waals surface area contributed by atoms with Crippen LogP contribution in [-0.2, 0) is 15.7 Å². The molecule has 3 fully saturated rings. The quantitative estimate of drug-likeness (QED) is 0.598. The number of pyridine rings is 1. The Hall–Kier alpha value is -2.86. The SMILES string of the molecule is CO[C@@H]1CCN(c2cc(N3C4CCC3COC4)nc3c2c(C(F)(F)F)nn3-c2ccn[nH]2)[C@H](C)C1. The Morgan fingerprint density at radius 2 is 1.94 bits per heavy atom. The van der Waals surface area contributed by atoms with Gasteiger partial charge in [-0.3, -0.25) is 5.10 Å².